The summed E-state index contributed by atoms with van der Waals surface area (Å²) >= 11 is 0. The highest BCUT2D eigenvalue weighted by Gasteiger charge is 2.31. The van der Waals surface area contributed by atoms with Crippen molar-refractivity contribution in [2.24, 2.45) is 5.84 Å². The molecule has 3 N–H and O–H groups in total. The zero-order valence-corrected chi connectivity index (χ0v) is 11.9. The molecule has 0 bridgehead atoms. The molecule has 1 amide bonds. The van der Waals surface area contributed by atoms with Crippen LogP contribution in [0.5, 0.6) is 0 Å². The molecule has 5 heteroatoms. The molecule has 2 atom stereocenters. The Kier molecular flexibility index (Phi) is 5.60. The van der Waals surface area contributed by atoms with Gasteiger partial charge in [0.05, 0.1) is 6.10 Å². The normalized spacial score (nSPS) is 29.4. The lowest BCUT2D eigenvalue weighted by molar-refractivity contribution is -0.132. The van der Waals surface area contributed by atoms with Crippen molar-refractivity contribution in [3.05, 3.63) is 0 Å². The van der Waals surface area contributed by atoms with E-state index in [2.05, 4.69) is 17.4 Å². The van der Waals surface area contributed by atoms with Gasteiger partial charge in [0.1, 0.15) is 6.10 Å². The van der Waals surface area contributed by atoms with Crippen LogP contribution in [-0.2, 0) is 9.53 Å². The van der Waals surface area contributed by atoms with Gasteiger partial charge in [0.15, 0.2) is 0 Å². The number of nitrogens with one attached hydrogen (secondary N) is 1. The van der Waals surface area contributed by atoms with Crippen molar-refractivity contribution >= 4 is 5.91 Å². The van der Waals surface area contributed by atoms with E-state index < -0.39 is 0 Å². The second-order valence-corrected chi connectivity index (χ2v) is 5.92. The number of hydrogen-bond acceptors (Lipinski definition) is 4. The number of hydrazine groups is 1. The first-order valence-corrected chi connectivity index (χ1v) is 7.57. The number of ether oxygens (including phenoxy) is 1. The van der Waals surface area contributed by atoms with E-state index in [1.54, 1.807) is 0 Å². The molecule has 1 saturated heterocycles. The van der Waals surface area contributed by atoms with Crippen LogP contribution in [0.4, 0.5) is 0 Å². The zero-order valence-electron chi connectivity index (χ0n) is 11.9. The molecule has 5 nitrogen and oxygen atoms in total. The van der Waals surface area contributed by atoms with Crippen LogP contribution < -0.4 is 11.3 Å². The molecular weight excluding hydrogens is 242 g/mol. The fraction of sp³-hybridized carbons (Fsp3) is 0.929. The second kappa shape index (κ2) is 7.22. The summed E-state index contributed by atoms with van der Waals surface area (Å²) in [4.78, 5) is 13.8. The Hall–Kier alpha value is -0.650. The number of carbonyl (C=O) groups is 1. The average molecular weight is 269 g/mol. The monoisotopic (exact) mass is 269 g/mol. The Labute approximate surface area is 115 Å². The number of nitrogens with two attached hydrogens (primary N) is 1. The van der Waals surface area contributed by atoms with Crippen molar-refractivity contribution in [3.8, 4) is 0 Å². The molecule has 1 aliphatic heterocycles. The molecule has 0 aromatic carbocycles. The van der Waals surface area contributed by atoms with E-state index in [-0.39, 0.29) is 18.1 Å². The first-order chi connectivity index (χ1) is 9.20. The van der Waals surface area contributed by atoms with E-state index in [0.29, 0.717) is 6.04 Å². The Morgan fingerprint density at radius 3 is 2.53 bits per heavy atom. The Bertz CT molecular complexity index is 290. The molecule has 2 aliphatic rings. The summed E-state index contributed by atoms with van der Waals surface area (Å²) in [6, 6.07) is 0.688. The number of hydrogen-bond donors (Lipinski definition) is 2. The third-order valence-corrected chi connectivity index (χ3v) is 4.48. The molecule has 1 saturated carbocycles. The largest absolute Gasteiger partial charge is 0.364 e. The third-order valence-electron chi connectivity index (χ3n) is 4.48. The molecule has 0 spiro atoms. The molecule has 2 rings (SSSR count). The van der Waals surface area contributed by atoms with Crippen molar-refractivity contribution in [1.29, 1.82) is 0 Å². The lowest BCUT2D eigenvalue weighted by Crippen LogP contribution is -2.41. The third kappa shape index (κ3) is 4.16. The first kappa shape index (κ1) is 14.8. The van der Waals surface area contributed by atoms with E-state index in [1.807, 2.05) is 0 Å². The molecule has 19 heavy (non-hydrogen) atoms. The zero-order chi connectivity index (χ0) is 13.7. The summed E-state index contributed by atoms with van der Waals surface area (Å²) in [5.74, 6) is 4.95. The summed E-state index contributed by atoms with van der Waals surface area (Å²) in [7, 11) is 2.19. The highest BCUT2D eigenvalue weighted by Crippen LogP contribution is 2.24. The predicted octanol–water partition coefficient (Wildman–Crippen LogP) is 1.18. The van der Waals surface area contributed by atoms with Crippen molar-refractivity contribution in [1.82, 2.24) is 10.3 Å². The van der Waals surface area contributed by atoms with Crippen molar-refractivity contribution < 1.29 is 9.53 Å². The summed E-state index contributed by atoms with van der Waals surface area (Å²) in [6.07, 6.45) is 9.62. The van der Waals surface area contributed by atoms with Crippen LogP contribution in [0.2, 0.25) is 0 Å². The van der Waals surface area contributed by atoms with Crippen LogP contribution in [0, 0.1) is 0 Å². The standard InChI is InChI=1S/C14H27N3O2/c1-17(11-6-4-2-3-5-7-11)10-12-8-9-13(19-12)14(18)16-15/h11-13H,2-10,15H2,1H3,(H,16,18). The molecule has 1 aliphatic carbocycles. The van der Waals surface area contributed by atoms with Gasteiger partial charge in [0, 0.05) is 12.6 Å². The molecule has 0 radical (unpaired) electrons. The number of amides is 1. The number of carbonyl (C=O) groups excluding carboxylic acids is 1. The van der Waals surface area contributed by atoms with Crippen molar-refractivity contribution in [2.45, 2.75) is 69.6 Å². The summed E-state index contributed by atoms with van der Waals surface area (Å²) in [6.45, 7) is 0.930. The summed E-state index contributed by atoms with van der Waals surface area (Å²) < 4.78 is 5.77. The maximum Gasteiger partial charge on any atom is 0.263 e. The minimum Gasteiger partial charge on any atom is -0.364 e. The first-order valence-electron chi connectivity index (χ1n) is 7.57. The van der Waals surface area contributed by atoms with Crippen LogP contribution in [-0.4, -0.2) is 42.6 Å². The lowest BCUT2D eigenvalue weighted by Gasteiger charge is -2.29. The van der Waals surface area contributed by atoms with Crippen LogP contribution in [0.3, 0.4) is 0 Å². The Morgan fingerprint density at radius 1 is 1.21 bits per heavy atom. The van der Waals surface area contributed by atoms with E-state index in [1.165, 1.54) is 38.5 Å². The average Bonchev–Trinajstić information content (AvgIpc) is 2.71. The van der Waals surface area contributed by atoms with E-state index in [9.17, 15) is 4.79 Å². The second-order valence-electron chi connectivity index (χ2n) is 5.92. The van der Waals surface area contributed by atoms with E-state index >= 15 is 0 Å². The quantitative estimate of drug-likeness (QED) is 0.348. The lowest BCUT2D eigenvalue weighted by atomic mass is 10.1. The van der Waals surface area contributed by atoms with Gasteiger partial charge < -0.3 is 9.64 Å². The maximum atomic E-state index is 11.4. The van der Waals surface area contributed by atoms with Gasteiger partial charge in [-0.15, -0.1) is 0 Å². The van der Waals surface area contributed by atoms with Crippen molar-refractivity contribution in [2.75, 3.05) is 13.6 Å². The molecule has 0 aromatic rings. The smallest absolute Gasteiger partial charge is 0.263 e. The SMILES string of the molecule is CN(CC1CCC(C(=O)NN)O1)C1CCCCCC1. The molecular formula is C14H27N3O2. The predicted molar refractivity (Wildman–Crippen MR) is 74.3 cm³/mol. The molecule has 0 aromatic heterocycles. The van der Waals surface area contributed by atoms with Gasteiger partial charge in [0.25, 0.3) is 5.91 Å². The van der Waals surface area contributed by atoms with Crippen LogP contribution in [0.15, 0.2) is 0 Å². The molecule has 1 heterocycles. The molecule has 2 unspecified atom stereocenters. The maximum absolute atomic E-state index is 11.4. The summed E-state index contributed by atoms with van der Waals surface area (Å²) in [5.41, 5.74) is 2.17. The highest BCUT2D eigenvalue weighted by atomic mass is 16.5. The van der Waals surface area contributed by atoms with Crippen molar-refractivity contribution in [3.63, 3.8) is 0 Å². The van der Waals surface area contributed by atoms with Gasteiger partial charge in [-0.05, 0) is 32.7 Å². The van der Waals surface area contributed by atoms with Crippen LogP contribution in [0.1, 0.15) is 51.4 Å². The fourth-order valence-corrected chi connectivity index (χ4v) is 3.29. The topological polar surface area (TPSA) is 67.6 Å². The minimum absolute atomic E-state index is 0.176. The number of nitrogens with zero attached hydrogens (tertiary/aromatic N) is 1. The summed E-state index contributed by atoms with van der Waals surface area (Å²) in [5, 5.41) is 0. The van der Waals surface area contributed by atoms with Crippen LogP contribution in [0.25, 0.3) is 0 Å². The number of likely N-dealkylation sites (N-methyl/N-ethyl adjacent to an activating group) is 1. The number of rotatable bonds is 4. The van der Waals surface area contributed by atoms with Gasteiger partial charge in [-0.3, -0.25) is 10.2 Å². The van der Waals surface area contributed by atoms with Gasteiger partial charge in [-0.25, -0.2) is 5.84 Å². The molecule has 2 fully saturated rings. The fourth-order valence-electron chi connectivity index (χ4n) is 3.29. The minimum atomic E-state index is -0.350. The Balaban J connectivity index is 1.76. The van der Waals surface area contributed by atoms with E-state index in [0.717, 1.165) is 19.4 Å². The van der Waals surface area contributed by atoms with Gasteiger partial charge >= 0.3 is 0 Å². The van der Waals surface area contributed by atoms with Gasteiger partial charge in [-0.2, -0.15) is 0 Å². The highest BCUT2D eigenvalue weighted by molar-refractivity contribution is 5.80. The Morgan fingerprint density at radius 2 is 1.89 bits per heavy atom. The van der Waals surface area contributed by atoms with Gasteiger partial charge in [0.2, 0.25) is 0 Å². The van der Waals surface area contributed by atoms with E-state index in [4.69, 9.17) is 10.6 Å². The molecule has 110 valence electrons. The van der Waals surface area contributed by atoms with Crippen LogP contribution >= 0.6 is 0 Å². The van der Waals surface area contributed by atoms with Gasteiger partial charge in [-0.1, -0.05) is 25.7 Å².